The first-order chi connectivity index (χ1) is 14.1. The fraction of sp³-hybridized carbons (Fsp3) is 0.130. The van der Waals surface area contributed by atoms with Gasteiger partial charge in [0, 0.05) is 17.7 Å². The van der Waals surface area contributed by atoms with Gasteiger partial charge in [0.1, 0.15) is 6.61 Å². The van der Waals surface area contributed by atoms with Crippen molar-refractivity contribution in [1.82, 2.24) is 10.3 Å². The van der Waals surface area contributed by atoms with Crippen molar-refractivity contribution in [2.45, 2.75) is 5.92 Å². The summed E-state index contributed by atoms with van der Waals surface area (Å²) >= 11 is 0. The molecule has 0 saturated heterocycles. The molecule has 4 rings (SSSR count). The molecule has 6 heteroatoms. The van der Waals surface area contributed by atoms with Gasteiger partial charge in [0.05, 0.1) is 6.54 Å². The largest absolute Gasteiger partial charge is 0.449 e. The SMILES string of the molecule is O=C(NCC#Cc1cnc(F)c(F)c1)OCC1c2ccccc2-c2ccccc21. The van der Waals surface area contributed by atoms with Crippen LogP contribution in [0.3, 0.4) is 0 Å². The molecule has 0 aliphatic heterocycles. The number of halogens is 2. The predicted molar refractivity (Wildman–Crippen MR) is 104 cm³/mol. The number of benzene rings is 2. The zero-order valence-corrected chi connectivity index (χ0v) is 15.3. The first-order valence-electron chi connectivity index (χ1n) is 9.02. The summed E-state index contributed by atoms with van der Waals surface area (Å²) in [7, 11) is 0. The quantitative estimate of drug-likeness (QED) is 0.537. The summed E-state index contributed by atoms with van der Waals surface area (Å²) in [6.07, 6.45) is 0.531. The molecule has 1 aromatic heterocycles. The van der Waals surface area contributed by atoms with Crippen molar-refractivity contribution in [1.29, 1.82) is 0 Å². The van der Waals surface area contributed by atoms with E-state index in [0.29, 0.717) is 0 Å². The lowest BCUT2D eigenvalue weighted by atomic mass is 9.98. The van der Waals surface area contributed by atoms with E-state index in [1.165, 1.54) is 0 Å². The molecule has 2 aromatic carbocycles. The molecule has 4 nitrogen and oxygen atoms in total. The van der Waals surface area contributed by atoms with Crippen molar-refractivity contribution in [3.05, 3.63) is 89.2 Å². The van der Waals surface area contributed by atoms with Gasteiger partial charge in [-0.25, -0.2) is 14.2 Å². The van der Waals surface area contributed by atoms with Gasteiger partial charge in [0.15, 0.2) is 5.82 Å². The molecule has 0 atom stereocenters. The van der Waals surface area contributed by atoms with Crippen molar-refractivity contribution < 1.29 is 18.3 Å². The van der Waals surface area contributed by atoms with Crippen molar-refractivity contribution >= 4 is 6.09 Å². The normalized spacial score (nSPS) is 11.8. The Morgan fingerprint density at radius 1 is 1.07 bits per heavy atom. The molecule has 1 heterocycles. The van der Waals surface area contributed by atoms with Crippen molar-refractivity contribution in [2.75, 3.05) is 13.2 Å². The summed E-state index contributed by atoms with van der Waals surface area (Å²) in [6, 6.07) is 17.1. The van der Waals surface area contributed by atoms with Gasteiger partial charge in [-0.3, -0.25) is 0 Å². The van der Waals surface area contributed by atoms with Crippen molar-refractivity contribution in [3.63, 3.8) is 0 Å². The number of ether oxygens (including phenoxy) is 1. The number of nitrogens with one attached hydrogen (secondary N) is 1. The number of carbonyl (C=O) groups is 1. The molecule has 1 N–H and O–H groups in total. The molecule has 0 saturated carbocycles. The number of rotatable bonds is 3. The van der Waals surface area contributed by atoms with Gasteiger partial charge in [0.25, 0.3) is 0 Å². The second-order valence-corrected chi connectivity index (χ2v) is 6.48. The molecule has 144 valence electrons. The summed E-state index contributed by atoms with van der Waals surface area (Å²) in [4.78, 5) is 15.3. The average Bonchev–Trinajstić information content (AvgIpc) is 3.06. The molecule has 29 heavy (non-hydrogen) atoms. The number of carbonyl (C=O) groups excluding carboxylic acids is 1. The maximum atomic E-state index is 13.1. The Bertz CT molecular complexity index is 1090. The van der Waals surface area contributed by atoms with Gasteiger partial charge in [-0.1, -0.05) is 60.4 Å². The topological polar surface area (TPSA) is 51.2 Å². The maximum absolute atomic E-state index is 13.1. The number of aromatic nitrogens is 1. The highest BCUT2D eigenvalue weighted by atomic mass is 19.2. The Hall–Kier alpha value is -3.72. The smallest absolute Gasteiger partial charge is 0.407 e. The van der Waals surface area contributed by atoms with Crippen LogP contribution < -0.4 is 5.32 Å². The Labute approximate surface area is 166 Å². The molecule has 0 bridgehead atoms. The minimum atomic E-state index is -1.17. The van der Waals surface area contributed by atoms with E-state index in [1.807, 2.05) is 36.4 Å². The molecule has 3 aromatic rings. The summed E-state index contributed by atoms with van der Waals surface area (Å²) < 4.78 is 31.3. The van der Waals surface area contributed by atoms with Gasteiger partial charge in [0.2, 0.25) is 5.95 Å². The van der Waals surface area contributed by atoms with Crippen LogP contribution in [-0.2, 0) is 4.74 Å². The average molecular weight is 390 g/mol. The molecule has 1 aliphatic rings. The Balaban J connectivity index is 1.35. The summed E-state index contributed by atoms with van der Waals surface area (Å²) in [5.41, 5.74) is 4.80. The zero-order chi connectivity index (χ0) is 20.2. The van der Waals surface area contributed by atoms with Gasteiger partial charge in [-0.15, -0.1) is 0 Å². The lowest BCUT2D eigenvalue weighted by molar-refractivity contribution is 0.144. The van der Waals surface area contributed by atoms with E-state index < -0.39 is 17.9 Å². The molecule has 0 unspecified atom stereocenters. The number of hydrogen-bond donors (Lipinski definition) is 1. The van der Waals surface area contributed by atoms with Crippen LogP contribution in [0.25, 0.3) is 11.1 Å². The molecule has 1 amide bonds. The second kappa shape index (κ2) is 8.11. The third kappa shape index (κ3) is 3.94. The molecule has 0 radical (unpaired) electrons. The van der Waals surface area contributed by atoms with Crippen molar-refractivity contribution in [3.8, 4) is 23.0 Å². The van der Waals surface area contributed by atoms with Gasteiger partial charge in [-0.2, -0.15) is 4.39 Å². The van der Waals surface area contributed by atoms with Crippen LogP contribution in [0.1, 0.15) is 22.6 Å². The number of hydrogen-bond acceptors (Lipinski definition) is 3. The molecular formula is C23H16F2N2O2. The van der Waals surface area contributed by atoms with E-state index in [4.69, 9.17) is 4.74 Å². The summed E-state index contributed by atoms with van der Waals surface area (Å²) in [5.74, 6) is 2.99. The highest BCUT2D eigenvalue weighted by Gasteiger charge is 2.28. The fourth-order valence-electron chi connectivity index (χ4n) is 3.40. The summed E-state index contributed by atoms with van der Waals surface area (Å²) in [5, 5.41) is 2.53. The first-order valence-corrected chi connectivity index (χ1v) is 9.02. The van der Waals surface area contributed by atoms with Crippen LogP contribution in [0, 0.1) is 23.6 Å². The number of pyridine rings is 1. The highest BCUT2D eigenvalue weighted by Crippen LogP contribution is 2.44. The lowest BCUT2D eigenvalue weighted by Gasteiger charge is -2.14. The van der Waals surface area contributed by atoms with E-state index in [9.17, 15) is 13.6 Å². The molecular weight excluding hydrogens is 374 g/mol. The van der Waals surface area contributed by atoms with E-state index in [1.54, 1.807) is 0 Å². The van der Waals surface area contributed by atoms with Crippen LogP contribution in [0.15, 0.2) is 60.8 Å². The van der Waals surface area contributed by atoms with Crippen LogP contribution >= 0.6 is 0 Å². The Morgan fingerprint density at radius 3 is 2.38 bits per heavy atom. The number of alkyl carbamates (subject to hydrolysis) is 1. The molecule has 0 fully saturated rings. The Kier molecular flexibility index (Phi) is 5.21. The standard InChI is InChI=1S/C23H16F2N2O2/c24-21-12-15(13-27-22(21)25)6-5-11-26-23(28)29-14-20-18-9-3-1-7-16(18)17-8-2-4-10-19(17)20/h1-4,7-10,12-13,20H,11,14H2,(H,26,28). The third-order valence-electron chi connectivity index (χ3n) is 4.69. The fourth-order valence-corrected chi connectivity index (χ4v) is 3.40. The number of fused-ring (bicyclic) bond motifs is 3. The molecule has 0 spiro atoms. The minimum Gasteiger partial charge on any atom is -0.449 e. The minimum absolute atomic E-state index is 0.00959. The van der Waals surface area contributed by atoms with Crippen molar-refractivity contribution in [2.24, 2.45) is 0 Å². The second-order valence-electron chi connectivity index (χ2n) is 6.48. The maximum Gasteiger partial charge on any atom is 0.407 e. The molecule has 1 aliphatic carbocycles. The number of nitrogens with zero attached hydrogens (tertiary/aromatic N) is 1. The van der Waals surface area contributed by atoms with Gasteiger partial charge in [-0.05, 0) is 28.3 Å². The van der Waals surface area contributed by atoms with Gasteiger partial charge >= 0.3 is 6.09 Å². The Morgan fingerprint density at radius 2 is 1.72 bits per heavy atom. The van der Waals surface area contributed by atoms with Crippen LogP contribution in [0.4, 0.5) is 13.6 Å². The first kappa shape index (κ1) is 18.6. The summed E-state index contributed by atoms with van der Waals surface area (Å²) in [6.45, 7) is 0.218. The van der Waals surface area contributed by atoms with E-state index in [0.717, 1.165) is 34.5 Å². The predicted octanol–water partition coefficient (Wildman–Crippen LogP) is 4.25. The zero-order valence-electron chi connectivity index (χ0n) is 15.3. The third-order valence-corrected chi connectivity index (χ3v) is 4.69. The lowest BCUT2D eigenvalue weighted by Crippen LogP contribution is -2.26. The van der Waals surface area contributed by atoms with Crippen LogP contribution in [0.5, 0.6) is 0 Å². The van der Waals surface area contributed by atoms with E-state index in [2.05, 4.69) is 34.3 Å². The van der Waals surface area contributed by atoms with Gasteiger partial charge < -0.3 is 10.1 Å². The van der Waals surface area contributed by atoms with Crippen LogP contribution in [-0.4, -0.2) is 24.2 Å². The van der Waals surface area contributed by atoms with E-state index >= 15 is 0 Å². The van der Waals surface area contributed by atoms with E-state index in [-0.39, 0.29) is 24.6 Å². The van der Waals surface area contributed by atoms with Crippen LogP contribution in [0.2, 0.25) is 0 Å². The monoisotopic (exact) mass is 390 g/mol. The highest BCUT2D eigenvalue weighted by molar-refractivity contribution is 5.79. The number of amides is 1.